The smallest absolute Gasteiger partial charge is 0.303 e. The number of carbonyl (C=O) groups excluding carboxylic acids is 1. The summed E-state index contributed by atoms with van der Waals surface area (Å²) in [5.74, 6) is -0.391. The number of allylic oxidation sites excluding steroid dienone is 2. The van der Waals surface area contributed by atoms with Gasteiger partial charge in [0.1, 0.15) is 0 Å². The lowest BCUT2D eigenvalue weighted by Crippen LogP contribution is -2.20. The fraction of sp³-hybridized carbons (Fsp3) is 0.895. The summed E-state index contributed by atoms with van der Waals surface area (Å²) in [5, 5.41) is 8.52. The van der Waals surface area contributed by atoms with Crippen LogP contribution in [-0.4, -0.2) is 36.0 Å². The van der Waals surface area contributed by atoms with Crippen LogP contribution < -0.4 is 0 Å². The fourth-order valence-corrected chi connectivity index (χ4v) is 5.22. The summed E-state index contributed by atoms with van der Waals surface area (Å²) in [6, 6.07) is 0. The van der Waals surface area contributed by atoms with Gasteiger partial charge >= 0.3 is 5.97 Å². The van der Waals surface area contributed by atoms with Crippen molar-refractivity contribution < 1.29 is 14.7 Å². The van der Waals surface area contributed by atoms with Gasteiger partial charge in [-0.1, -0.05) is 167 Å². The molecule has 0 heterocycles. The first-order valence-corrected chi connectivity index (χ1v) is 18.5. The second-order valence-electron chi connectivity index (χ2n) is 12.7. The monoisotopic (exact) mass is 594 g/mol. The summed E-state index contributed by atoms with van der Waals surface area (Å²) in [6.45, 7) is 4.54. The zero-order valence-electron chi connectivity index (χ0n) is 29.1. The second kappa shape index (κ2) is 37.7. The van der Waals surface area contributed by atoms with Crippen molar-refractivity contribution in [1.82, 2.24) is 4.90 Å². The maximum Gasteiger partial charge on any atom is 0.303 e. The number of rotatable bonds is 31. The number of amides is 1. The summed E-state index contributed by atoms with van der Waals surface area (Å²) in [5.41, 5.74) is 0. The molecule has 0 aliphatic heterocycles. The highest BCUT2D eigenvalue weighted by Crippen LogP contribution is 2.14. The van der Waals surface area contributed by atoms with Crippen LogP contribution in [0.3, 0.4) is 0 Å². The van der Waals surface area contributed by atoms with Gasteiger partial charge in [0.2, 0.25) is 5.91 Å². The van der Waals surface area contributed by atoms with Gasteiger partial charge in [-0.05, 0) is 38.5 Å². The number of aliphatic carboxylic acids is 1. The van der Waals surface area contributed by atoms with E-state index >= 15 is 0 Å². The number of carboxylic acid groups (broad SMARTS) is 1. The standard InChI is InChI=1S/C20H39NO.C18H36O2/c1-4-5-6-7-8-9-10-11-12-13-14-15-16-17-18-19-20(22)21(2)3;1-2-3-4-5-6-7-8-9-10-11-12-13-14-15-16-17-18(19)20/h11-12H,4-10,13-19H2,1-3H3;2-17H2,1H3,(H,19,20). The van der Waals surface area contributed by atoms with Crippen molar-refractivity contribution in [3.63, 3.8) is 0 Å². The summed E-state index contributed by atoms with van der Waals surface area (Å²) < 4.78 is 0. The maximum absolute atomic E-state index is 11.4. The zero-order valence-corrected chi connectivity index (χ0v) is 29.1. The van der Waals surface area contributed by atoms with Crippen molar-refractivity contribution in [3.05, 3.63) is 12.2 Å². The first-order valence-electron chi connectivity index (χ1n) is 18.5. The van der Waals surface area contributed by atoms with Gasteiger partial charge in [0.15, 0.2) is 0 Å². The van der Waals surface area contributed by atoms with Crippen molar-refractivity contribution in [1.29, 1.82) is 0 Å². The van der Waals surface area contributed by atoms with E-state index in [2.05, 4.69) is 26.0 Å². The topological polar surface area (TPSA) is 57.6 Å². The van der Waals surface area contributed by atoms with Crippen LogP contribution in [0.5, 0.6) is 0 Å². The number of nitrogens with zero attached hydrogens (tertiary/aromatic N) is 1. The van der Waals surface area contributed by atoms with Crippen LogP contribution >= 0.6 is 0 Å². The van der Waals surface area contributed by atoms with Gasteiger partial charge in [-0.25, -0.2) is 0 Å². The normalized spacial score (nSPS) is 11.0. The van der Waals surface area contributed by atoms with Gasteiger partial charge in [0.05, 0.1) is 0 Å². The minimum atomic E-state index is -0.653. The molecule has 1 amide bonds. The van der Waals surface area contributed by atoms with Gasteiger partial charge in [0.25, 0.3) is 0 Å². The third-order valence-electron chi connectivity index (χ3n) is 8.15. The van der Waals surface area contributed by atoms with Crippen LogP contribution in [-0.2, 0) is 9.59 Å². The van der Waals surface area contributed by atoms with Crippen molar-refractivity contribution in [2.24, 2.45) is 0 Å². The van der Waals surface area contributed by atoms with Crippen LogP contribution in [0.2, 0.25) is 0 Å². The molecule has 0 aromatic carbocycles. The molecule has 0 rings (SSSR count). The molecule has 0 aromatic heterocycles. The van der Waals surface area contributed by atoms with E-state index in [1.807, 2.05) is 14.1 Å². The molecule has 1 N–H and O–H groups in total. The van der Waals surface area contributed by atoms with Crippen LogP contribution in [0.25, 0.3) is 0 Å². The Labute approximate surface area is 263 Å². The molecule has 0 atom stereocenters. The lowest BCUT2D eigenvalue weighted by molar-refractivity contribution is -0.137. The van der Waals surface area contributed by atoms with Crippen molar-refractivity contribution >= 4 is 11.9 Å². The van der Waals surface area contributed by atoms with E-state index < -0.39 is 5.97 Å². The van der Waals surface area contributed by atoms with Gasteiger partial charge in [-0.15, -0.1) is 0 Å². The molecular weight excluding hydrogens is 518 g/mol. The third-order valence-corrected chi connectivity index (χ3v) is 8.15. The lowest BCUT2D eigenvalue weighted by Gasteiger charge is -2.09. The van der Waals surface area contributed by atoms with E-state index in [0.717, 1.165) is 19.3 Å². The Hall–Kier alpha value is -1.32. The summed E-state index contributed by atoms with van der Waals surface area (Å²) >= 11 is 0. The maximum atomic E-state index is 11.4. The Bertz CT molecular complexity index is 573. The van der Waals surface area contributed by atoms with Crippen LogP contribution in [0.15, 0.2) is 12.2 Å². The third kappa shape index (κ3) is 40.8. The predicted molar refractivity (Wildman–Crippen MR) is 185 cm³/mol. The minimum absolute atomic E-state index is 0.262. The van der Waals surface area contributed by atoms with Gasteiger partial charge in [0, 0.05) is 26.9 Å². The van der Waals surface area contributed by atoms with Gasteiger partial charge in [-0.2, -0.15) is 0 Å². The average Bonchev–Trinajstić information content (AvgIpc) is 2.97. The van der Waals surface area contributed by atoms with E-state index in [1.54, 1.807) is 4.90 Å². The Kier molecular flexibility index (Phi) is 38.4. The molecule has 0 saturated carbocycles. The molecule has 0 radical (unpaired) electrons. The summed E-state index contributed by atoms with van der Waals surface area (Å²) in [4.78, 5) is 23.4. The van der Waals surface area contributed by atoms with E-state index in [9.17, 15) is 9.59 Å². The molecule has 0 saturated heterocycles. The second-order valence-corrected chi connectivity index (χ2v) is 12.7. The van der Waals surface area contributed by atoms with Gasteiger partial charge < -0.3 is 10.0 Å². The molecule has 0 aliphatic rings. The molecule has 250 valence electrons. The number of carbonyl (C=O) groups is 2. The largest absolute Gasteiger partial charge is 0.481 e. The average molecular weight is 594 g/mol. The van der Waals surface area contributed by atoms with E-state index in [1.165, 1.54) is 161 Å². The number of hydrogen-bond acceptors (Lipinski definition) is 2. The van der Waals surface area contributed by atoms with Crippen LogP contribution in [0.1, 0.15) is 206 Å². The zero-order chi connectivity index (χ0) is 31.4. The molecular formula is C38H75NO3. The molecule has 4 nitrogen and oxygen atoms in total. The van der Waals surface area contributed by atoms with Crippen LogP contribution in [0.4, 0.5) is 0 Å². The highest BCUT2D eigenvalue weighted by Gasteiger charge is 2.02. The molecule has 0 fully saturated rings. The molecule has 0 aliphatic carbocycles. The van der Waals surface area contributed by atoms with Crippen molar-refractivity contribution in [3.8, 4) is 0 Å². The molecule has 0 spiro atoms. The minimum Gasteiger partial charge on any atom is -0.481 e. The number of hydrogen-bond donors (Lipinski definition) is 1. The molecule has 0 bridgehead atoms. The Morgan fingerprint density at radius 1 is 0.452 bits per heavy atom. The molecule has 0 unspecified atom stereocenters. The van der Waals surface area contributed by atoms with E-state index in [0.29, 0.717) is 12.8 Å². The molecule has 42 heavy (non-hydrogen) atoms. The fourth-order valence-electron chi connectivity index (χ4n) is 5.22. The number of unbranched alkanes of at least 4 members (excludes halogenated alkanes) is 25. The Morgan fingerprint density at radius 2 is 0.738 bits per heavy atom. The number of carboxylic acids is 1. The lowest BCUT2D eigenvalue weighted by atomic mass is 10.0. The predicted octanol–water partition coefficient (Wildman–Crippen LogP) is 12.4. The molecule has 4 heteroatoms. The highest BCUT2D eigenvalue weighted by molar-refractivity contribution is 5.75. The molecule has 0 aromatic rings. The van der Waals surface area contributed by atoms with E-state index in [-0.39, 0.29) is 5.91 Å². The first kappa shape index (κ1) is 42.8. The highest BCUT2D eigenvalue weighted by atomic mass is 16.4. The van der Waals surface area contributed by atoms with Crippen molar-refractivity contribution in [2.75, 3.05) is 14.1 Å². The van der Waals surface area contributed by atoms with Crippen molar-refractivity contribution in [2.45, 2.75) is 206 Å². The quantitative estimate of drug-likeness (QED) is 0.0642. The first-order chi connectivity index (χ1) is 20.5. The SMILES string of the molecule is CCCCCCCCC=CCCCCCCCC(=O)N(C)C.CCCCCCCCCCCCCCCCCC(=O)O. The van der Waals surface area contributed by atoms with E-state index in [4.69, 9.17) is 5.11 Å². The Morgan fingerprint density at radius 3 is 1.05 bits per heavy atom. The van der Waals surface area contributed by atoms with Gasteiger partial charge in [-0.3, -0.25) is 9.59 Å². The Balaban J connectivity index is 0. The summed E-state index contributed by atoms with van der Waals surface area (Å²) in [7, 11) is 3.67. The summed E-state index contributed by atoms with van der Waals surface area (Å²) in [6.07, 6.45) is 42.6. The van der Waals surface area contributed by atoms with Crippen LogP contribution in [0, 0.1) is 0 Å².